The van der Waals surface area contributed by atoms with Crippen LogP contribution in [0.4, 0.5) is 5.69 Å². The van der Waals surface area contributed by atoms with Gasteiger partial charge in [-0.05, 0) is 51.6 Å². The number of nitrogens with zero attached hydrogens (tertiary/aromatic N) is 1. The van der Waals surface area contributed by atoms with Crippen LogP contribution in [-0.2, 0) is 9.59 Å². The van der Waals surface area contributed by atoms with Gasteiger partial charge < -0.3 is 15.4 Å². The topological polar surface area (TPSA) is 70.7 Å². The molecule has 1 aromatic carbocycles. The molecule has 6 nitrogen and oxygen atoms in total. The number of nitrogens with one attached hydrogen (secondary N) is 2. The van der Waals surface area contributed by atoms with Crippen LogP contribution in [0.25, 0.3) is 0 Å². The monoisotopic (exact) mass is 321 g/mol. The molecule has 0 bridgehead atoms. The summed E-state index contributed by atoms with van der Waals surface area (Å²) in [4.78, 5) is 25.8. The number of likely N-dealkylation sites (N-methyl/N-ethyl adjacent to an activating group) is 1. The molecule has 23 heavy (non-hydrogen) atoms. The van der Waals surface area contributed by atoms with Crippen LogP contribution in [0.5, 0.6) is 5.75 Å². The van der Waals surface area contributed by atoms with E-state index in [-0.39, 0.29) is 30.4 Å². The standard InChI is InChI=1S/C17H27N3O3/c1-6-20(12-16(22)19-17(2,3)4)11-15(21)18-13-7-9-14(23-5)10-8-13/h7-10H,6,11-12H2,1-5H3,(H,18,21)(H,19,22). The van der Waals surface area contributed by atoms with Gasteiger partial charge in [0.2, 0.25) is 11.8 Å². The minimum absolute atomic E-state index is 0.0865. The second-order valence-electron chi connectivity index (χ2n) is 6.38. The summed E-state index contributed by atoms with van der Waals surface area (Å²) in [7, 11) is 1.59. The van der Waals surface area contributed by atoms with Crippen LogP contribution in [0.15, 0.2) is 24.3 Å². The summed E-state index contributed by atoms with van der Waals surface area (Å²) in [6, 6.07) is 7.12. The molecule has 2 amide bonds. The first kappa shape index (κ1) is 19.0. The Morgan fingerprint density at radius 1 is 1.09 bits per heavy atom. The third kappa shape index (κ3) is 7.65. The van der Waals surface area contributed by atoms with E-state index in [0.717, 1.165) is 5.75 Å². The van der Waals surface area contributed by atoms with Crippen LogP contribution in [0, 0.1) is 0 Å². The zero-order valence-electron chi connectivity index (χ0n) is 14.6. The summed E-state index contributed by atoms with van der Waals surface area (Å²) in [5.74, 6) is 0.495. The highest BCUT2D eigenvalue weighted by Gasteiger charge is 2.17. The number of benzene rings is 1. The molecule has 0 aromatic heterocycles. The summed E-state index contributed by atoms with van der Waals surface area (Å²) in [5, 5.41) is 5.70. The van der Waals surface area contributed by atoms with Crippen LogP contribution < -0.4 is 15.4 Å². The predicted octanol–water partition coefficient (Wildman–Crippen LogP) is 1.87. The maximum Gasteiger partial charge on any atom is 0.238 e. The van der Waals surface area contributed by atoms with E-state index in [1.54, 1.807) is 36.3 Å². The van der Waals surface area contributed by atoms with Gasteiger partial charge >= 0.3 is 0 Å². The molecule has 0 aliphatic carbocycles. The molecule has 6 heteroatoms. The molecular formula is C17H27N3O3. The summed E-state index contributed by atoms with van der Waals surface area (Å²) in [6.07, 6.45) is 0. The first-order valence-corrected chi connectivity index (χ1v) is 7.70. The number of carbonyl (C=O) groups is 2. The van der Waals surface area contributed by atoms with Crippen molar-refractivity contribution in [3.8, 4) is 5.75 Å². The molecule has 0 radical (unpaired) electrons. The maximum absolute atomic E-state index is 12.1. The third-order valence-corrected chi connectivity index (χ3v) is 3.07. The molecule has 2 N–H and O–H groups in total. The normalized spacial score (nSPS) is 11.2. The van der Waals surface area contributed by atoms with Crippen molar-refractivity contribution in [2.24, 2.45) is 0 Å². The molecule has 0 saturated heterocycles. The molecule has 0 aliphatic rings. The van der Waals surface area contributed by atoms with E-state index >= 15 is 0 Å². The van der Waals surface area contributed by atoms with Crippen molar-refractivity contribution < 1.29 is 14.3 Å². The fourth-order valence-electron chi connectivity index (χ4n) is 2.02. The Kier molecular flexibility index (Phi) is 7.03. The molecule has 1 rings (SSSR count). The third-order valence-electron chi connectivity index (χ3n) is 3.07. The molecule has 0 atom stereocenters. The van der Waals surface area contributed by atoms with Crippen LogP contribution >= 0.6 is 0 Å². The van der Waals surface area contributed by atoms with E-state index < -0.39 is 0 Å². The largest absolute Gasteiger partial charge is 0.497 e. The number of amides is 2. The van der Waals surface area contributed by atoms with Crippen molar-refractivity contribution in [3.05, 3.63) is 24.3 Å². The van der Waals surface area contributed by atoms with Gasteiger partial charge in [0.1, 0.15) is 5.75 Å². The van der Waals surface area contributed by atoms with Gasteiger partial charge in [-0.25, -0.2) is 0 Å². The van der Waals surface area contributed by atoms with E-state index in [2.05, 4.69) is 10.6 Å². The van der Waals surface area contributed by atoms with Crippen LogP contribution in [-0.4, -0.2) is 49.0 Å². The molecular weight excluding hydrogens is 294 g/mol. The van der Waals surface area contributed by atoms with Crippen molar-refractivity contribution >= 4 is 17.5 Å². The number of hydrogen-bond acceptors (Lipinski definition) is 4. The number of anilines is 1. The quantitative estimate of drug-likeness (QED) is 0.804. The first-order chi connectivity index (χ1) is 10.7. The Morgan fingerprint density at radius 2 is 1.65 bits per heavy atom. The number of methoxy groups -OCH3 is 1. The minimum Gasteiger partial charge on any atom is -0.497 e. The number of ether oxygens (including phenoxy) is 1. The Labute approximate surface area is 138 Å². The van der Waals surface area contributed by atoms with Crippen LogP contribution in [0.2, 0.25) is 0 Å². The Bertz CT molecular complexity index is 521. The number of rotatable bonds is 7. The molecule has 0 spiro atoms. The molecule has 128 valence electrons. The lowest BCUT2D eigenvalue weighted by molar-refractivity contribution is -0.124. The van der Waals surface area contributed by atoms with Gasteiger partial charge in [-0.15, -0.1) is 0 Å². The second-order valence-corrected chi connectivity index (χ2v) is 6.38. The zero-order chi connectivity index (χ0) is 17.5. The highest BCUT2D eigenvalue weighted by molar-refractivity contribution is 5.92. The molecule has 0 unspecified atom stereocenters. The molecule has 0 saturated carbocycles. The van der Waals surface area contributed by atoms with Gasteiger partial charge in [0.05, 0.1) is 20.2 Å². The lowest BCUT2D eigenvalue weighted by atomic mass is 10.1. The fraction of sp³-hybridized carbons (Fsp3) is 0.529. The van der Waals surface area contributed by atoms with Crippen molar-refractivity contribution in [2.45, 2.75) is 33.2 Å². The Balaban J connectivity index is 2.50. The van der Waals surface area contributed by atoms with Crippen molar-refractivity contribution in [3.63, 3.8) is 0 Å². The number of carbonyl (C=O) groups excluding carboxylic acids is 2. The van der Waals surface area contributed by atoms with E-state index in [9.17, 15) is 9.59 Å². The molecule has 0 fully saturated rings. The SMILES string of the molecule is CCN(CC(=O)Nc1ccc(OC)cc1)CC(=O)NC(C)(C)C. The number of hydrogen-bond donors (Lipinski definition) is 2. The molecule has 1 aromatic rings. The van der Waals surface area contributed by atoms with E-state index in [4.69, 9.17) is 4.74 Å². The van der Waals surface area contributed by atoms with Gasteiger partial charge in [0, 0.05) is 11.2 Å². The van der Waals surface area contributed by atoms with Crippen LogP contribution in [0.3, 0.4) is 0 Å². The van der Waals surface area contributed by atoms with Crippen molar-refractivity contribution in [1.29, 1.82) is 0 Å². The van der Waals surface area contributed by atoms with Gasteiger partial charge in [0.15, 0.2) is 0 Å². The zero-order valence-corrected chi connectivity index (χ0v) is 14.6. The minimum atomic E-state index is -0.276. The second kappa shape index (κ2) is 8.53. The lowest BCUT2D eigenvalue weighted by Crippen LogP contribution is -2.47. The average molecular weight is 321 g/mol. The van der Waals surface area contributed by atoms with E-state index in [1.807, 2.05) is 27.7 Å². The summed E-state index contributed by atoms with van der Waals surface area (Å²) in [6.45, 7) is 8.69. The Hall–Kier alpha value is -2.08. The van der Waals surface area contributed by atoms with Crippen molar-refractivity contribution in [1.82, 2.24) is 10.2 Å². The van der Waals surface area contributed by atoms with E-state index in [1.165, 1.54) is 0 Å². The molecule has 0 aliphatic heterocycles. The highest BCUT2D eigenvalue weighted by Crippen LogP contribution is 2.14. The smallest absolute Gasteiger partial charge is 0.238 e. The first-order valence-electron chi connectivity index (χ1n) is 7.70. The lowest BCUT2D eigenvalue weighted by Gasteiger charge is -2.24. The van der Waals surface area contributed by atoms with Gasteiger partial charge in [-0.2, -0.15) is 0 Å². The fourth-order valence-corrected chi connectivity index (χ4v) is 2.02. The van der Waals surface area contributed by atoms with Gasteiger partial charge in [-0.3, -0.25) is 14.5 Å². The van der Waals surface area contributed by atoms with Crippen molar-refractivity contribution in [2.75, 3.05) is 32.1 Å². The van der Waals surface area contributed by atoms with Gasteiger partial charge in [-0.1, -0.05) is 6.92 Å². The van der Waals surface area contributed by atoms with Gasteiger partial charge in [0.25, 0.3) is 0 Å². The predicted molar refractivity (Wildman–Crippen MR) is 91.6 cm³/mol. The Morgan fingerprint density at radius 3 is 2.13 bits per heavy atom. The highest BCUT2D eigenvalue weighted by atomic mass is 16.5. The van der Waals surface area contributed by atoms with Crippen LogP contribution in [0.1, 0.15) is 27.7 Å². The average Bonchev–Trinajstić information content (AvgIpc) is 2.45. The summed E-state index contributed by atoms with van der Waals surface area (Å²) >= 11 is 0. The van der Waals surface area contributed by atoms with E-state index in [0.29, 0.717) is 12.2 Å². The molecule has 0 heterocycles. The maximum atomic E-state index is 12.1. The summed E-state index contributed by atoms with van der Waals surface area (Å²) in [5.41, 5.74) is 0.424. The summed E-state index contributed by atoms with van der Waals surface area (Å²) < 4.78 is 5.07.